The molecule has 1 aromatic carbocycles. The van der Waals surface area contributed by atoms with Gasteiger partial charge in [0.2, 0.25) is 0 Å². The smallest absolute Gasteiger partial charge is 0.121 e. The molecule has 3 heteroatoms. The summed E-state index contributed by atoms with van der Waals surface area (Å²) in [6.07, 6.45) is 0. The highest BCUT2D eigenvalue weighted by molar-refractivity contribution is 5.33. The molecule has 0 aliphatic heterocycles. The van der Waals surface area contributed by atoms with E-state index in [1.54, 1.807) is 7.11 Å². The van der Waals surface area contributed by atoms with Gasteiger partial charge in [0.05, 0.1) is 12.7 Å². The van der Waals surface area contributed by atoms with E-state index < -0.39 is 0 Å². The monoisotopic (exact) mass is 218 g/mol. The third-order valence-electron chi connectivity index (χ3n) is 2.65. The fraction of sp³-hybridized carbons (Fsp3) is 0.462. The average molecular weight is 218 g/mol. The van der Waals surface area contributed by atoms with Crippen LogP contribution in [0.3, 0.4) is 0 Å². The van der Waals surface area contributed by atoms with Crippen molar-refractivity contribution < 1.29 is 4.74 Å². The molecule has 1 N–H and O–H groups in total. The summed E-state index contributed by atoms with van der Waals surface area (Å²) >= 11 is 0. The lowest BCUT2D eigenvalue weighted by molar-refractivity contribution is 0.198. The summed E-state index contributed by atoms with van der Waals surface area (Å²) < 4.78 is 4.94. The van der Waals surface area contributed by atoms with Gasteiger partial charge in [-0.2, -0.15) is 5.26 Å². The molecule has 0 aliphatic carbocycles. The first-order chi connectivity index (χ1) is 7.69. The Morgan fingerprint density at radius 3 is 2.69 bits per heavy atom. The fourth-order valence-corrected chi connectivity index (χ4v) is 1.49. The number of methoxy groups -OCH3 is 1. The molecule has 3 nitrogen and oxygen atoms in total. The predicted molar refractivity (Wildman–Crippen MR) is 64.1 cm³/mol. The highest BCUT2D eigenvalue weighted by atomic mass is 16.5. The Morgan fingerprint density at radius 1 is 1.38 bits per heavy atom. The van der Waals surface area contributed by atoms with Gasteiger partial charge in [0.25, 0.3) is 0 Å². The second kappa shape index (κ2) is 6.26. The lowest BCUT2D eigenvalue weighted by atomic mass is 10.0. The van der Waals surface area contributed by atoms with E-state index in [9.17, 15) is 0 Å². The van der Waals surface area contributed by atoms with Crippen molar-refractivity contribution in [2.24, 2.45) is 0 Å². The van der Waals surface area contributed by atoms with Gasteiger partial charge in [-0.1, -0.05) is 18.2 Å². The second-order valence-corrected chi connectivity index (χ2v) is 3.85. The van der Waals surface area contributed by atoms with Crippen LogP contribution >= 0.6 is 0 Å². The summed E-state index contributed by atoms with van der Waals surface area (Å²) in [5, 5.41) is 12.2. The normalized spacial score (nSPS) is 12.1. The van der Waals surface area contributed by atoms with Crippen LogP contribution in [0.4, 0.5) is 0 Å². The van der Waals surface area contributed by atoms with Crippen LogP contribution in [-0.4, -0.2) is 20.3 Å². The zero-order chi connectivity index (χ0) is 12.0. The van der Waals surface area contributed by atoms with Crippen molar-refractivity contribution in [3.8, 4) is 6.07 Å². The maximum Gasteiger partial charge on any atom is 0.121 e. The van der Waals surface area contributed by atoms with Crippen LogP contribution in [0.25, 0.3) is 0 Å². The molecule has 0 saturated carbocycles. The summed E-state index contributed by atoms with van der Waals surface area (Å²) in [7, 11) is 1.65. The lowest BCUT2D eigenvalue weighted by Gasteiger charge is -2.13. The molecule has 0 aliphatic rings. The fourth-order valence-electron chi connectivity index (χ4n) is 1.49. The Hall–Kier alpha value is -1.37. The molecule has 0 aromatic heterocycles. The van der Waals surface area contributed by atoms with Crippen LogP contribution in [0.2, 0.25) is 0 Å². The van der Waals surface area contributed by atoms with E-state index in [0.717, 1.165) is 5.56 Å². The SMILES string of the molecule is COCCNC(C#N)c1ccc(C)c(C)c1. The van der Waals surface area contributed by atoms with Gasteiger partial charge >= 0.3 is 0 Å². The van der Waals surface area contributed by atoms with Gasteiger partial charge in [-0.3, -0.25) is 5.32 Å². The number of hydrogen-bond donors (Lipinski definition) is 1. The van der Waals surface area contributed by atoms with Crippen molar-refractivity contribution in [3.05, 3.63) is 34.9 Å². The Kier molecular flexibility index (Phi) is 4.97. The number of ether oxygens (including phenoxy) is 1. The third-order valence-corrected chi connectivity index (χ3v) is 2.65. The van der Waals surface area contributed by atoms with Crippen LogP contribution < -0.4 is 5.32 Å². The molecule has 0 spiro atoms. The van der Waals surface area contributed by atoms with Crippen LogP contribution in [0.1, 0.15) is 22.7 Å². The first-order valence-electron chi connectivity index (χ1n) is 5.38. The quantitative estimate of drug-likeness (QED) is 0.770. The summed E-state index contributed by atoms with van der Waals surface area (Å²) in [6, 6.07) is 8.11. The second-order valence-electron chi connectivity index (χ2n) is 3.85. The van der Waals surface area contributed by atoms with Crippen LogP contribution in [0, 0.1) is 25.2 Å². The Balaban J connectivity index is 2.72. The van der Waals surface area contributed by atoms with Gasteiger partial charge in [0.15, 0.2) is 0 Å². The molecule has 16 heavy (non-hydrogen) atoms. The number of nitrogens with zero attached hydrogens (tertiary/aromatic N) is 1. The zero-order valence-electron chi connectivity index (χ0n) is 10.1. The van der Waals surface area contributed by atoms with Gasteiger partial charge < -0.3 is 4.74 Å². The van der Waals surface area contributed by atoms with Crippen molar-refractivity contribution in [3.63, 3.8) is 0 Å². The largest absolute Gasteiger partial charge is 0.383 e. The summed E-state index contributed by atoms with van der Waals surface area (Å²) in [5.41, 5.74) is 3.48. The molecule has 0 amide bonds. The molecule has 86 valence electrons. The molecular formula is C13H18N2O. The van der Waals surface area contributed by atoms with Gasteiger partial charge in [0.1, 0.15) is 6.04 Å². The van der Waals surface area contributed by atoms with Crippen molar-refractivity contribution in [2.45, 2.75) is 19.9 Å². The first kappa shape index (κ1) is 12.7. The molecule has 1 rings (SSSR count). The van der Waals surface area contributed by atoms with Crippen molar-refractivity contribution in [2.75, 3.05) is 20.3 Å². The number of hydrogen-bond acceptors (Lipinski definition) is 3. The van der Waals surface area contributed by atoms with Crippen molar-refractivity contribution in [1.82, 2.24) is 5.32 Å². The van der Waals surface area contributed by atoms with E-state index in [-0.39, 0.29) is 6.04 Å². The number of nitriles is 1. The maximum atomic E-state index is 9.09. The van der Waals surface area contributed by atoms with Crippen molar-refractivity contribution >= 4 is 0 Å². The van der Waals surface area contributed by atoms with E-state index in [4.69, 9.17) is 10.00 Å². The molecule has 1 unspecified atom stereocenters. The Labute approximate surface area is 97.0 Å². The molecule has 1 atom stereocenters. The molecule has 0 saturated heterocycles. The van der Waals surface area contributed by atoms with Gasteiger partial charge in [-0.15, -0.1) is 0 Å². The minimum absolute atomic E-state index is 0.255. The van der Waals surface area contributed by atoms with Gasteiger partial charge in [0, 0.05) is 13.7 Å². The molecular weight excluding hydrogens is 200 g/mol. The number of nitrogens with one attached hydrogen (secondary N) is 1. The number of aryl methyl sites for hydroxylation is 2. The standard InChI is InChI=1S/C13H18N2O/c1-10-4-5-12(8-11(10)2)13(9-14)15-6-7-16-3/h4-5,8,13,15H,6-7H2,1-3H3. The summed E-state index contributed by atoms with van der Waals surface area (Å²) in [4.78, 5) is 0. The lowest BCUT2D eigenvalue weighted by Crippen LogP contribution is -2.24. The molecule has 0 radical (unpaired) electrons. The summed E-state index contributed by atoms with van der Waals surface area (Å²) in [6.45, 7) is 5.42. The minimum atomic E-state index is -0.255. The zero-order valence-corrected chi connectivity index (χ0v) is 10.1. The first-order valence-corrected chi connectivity index (χ1v) is 5.38. The highest BCUT2D eigenvalue weighted by Gasteiger charge is 2.09. The highest BCUT2D eigenvalue weighted by Crippen LogP contribution is 2.16. The average Bonchev–Trinajstić information content (AvgIpc) is 2.29. The Morgan fingerprint density at radius 2 is 2.12 bits per heavy atom. The van der Waals surface area contributed by atoms with E-state index in [2.05, 4.69) is 31.3 Å². The van der Waals surface area contributed by atoms with Crippen LogP contribution in [0.5, 0.6) is 0 Å². The van der Waals surface area contributed by atoms with Crippen LogP contribution in [0.15, 0.2) is 18.2 Å². The van der Waals surface area contributed by atoms with E-state index in [0.29, 0.717) is 13.2 Å². The Bertz CT molecular complexity index is 382. The van der Waals surface area contributed by atoms with Crippen LogP contribution in [-0.2, 0) is 4.74 Å². The van der Waals surface area contributed by atoms with Crippen molar-refractivity contribution in [1.29, 1.82) is 5.26 Å². The molecule has 0 bridgehead atoms. The van der Waals surface area contributed by atoms with Gasteiger partial charge in [-0.05, 0) is 30.5 Å². The predicted octanol–water partition coefficient (Wildman–Crippen LogP) is 2.10. The molecule has 1 aromatic rings. The third kappa shape index (κ3) is 3.34. The summed E-state index contributed by atoms with van der Waals surface area (Å²) in [5.74, 6) is 0. The van der Waals surface area contributed by atoms with E-state index in [1.165, 1.54) is 11.1 Å². The molecule has 0 heterocycles. The molecule has 0 fully saturated rings. The van der Waals surface area contributed by atoms with Gasteiger partial charge in [-0.25, -0.2) is 0 Å². The minimum Gasteiger partial charge on any atom is -0.383 e. The maximum absolute atomic E-state index is 9.09. The number of benzene rings is 1. The van der Waals surface area contributed by atoms with E-state index in [1.807, 2.05) is 12.1 Å². The number of rotatable bonds is 5. The topological polar surface area (TPSA) is 45.0 Å². The van der Waals surface area contributed by atoms with E-state index >= 15 is 0 Å².